The Morgan fingerprint density at radius 2 is 1.70 bits per heavy atom. The third-order valence-corrected chi connectivity index (χ3v) is 5.18. The van der Waals surface area contributed by atoms with Gasteiger partial charge in [0.15, 0.2) is 0 Å². The minimum atomic E-state index is -1.38. The average molecular weight is 428 g/mol. The van der Waals surface area contributed by atoms with Crippen LogP contribution in [0.1, 0.15) is 52.9 Å². The highest BCUT2D eigenvalue weighted by Crippen LogP contribution is 2.11. The maximum atomic E-state index is 12.7. The van der Waals surface area contributed by atoms with E-state index in [1.807, 2.05) is 13.8 Å². The molecular formula is C19H32N4O7. The van der Waals surface area contributed by atoms with E-state index >= 15 is 0 Å². The van der Waals surface area contributed by atoms with Crippen LogP contribution < -0.4 is 21.3 Å². The SMILES string of the molecule is CCC(C)C(NC(=O)C1CCCN1)C(=O)NC(C)C(=O)NC(CCC(=O)O)C(=O)O. The molecule has 1 aliphatic heterocycles. The van der Waals surface area contributed by atoms with Gasteiger partial charge in [-0.25, -0.2) is 4.79 Å². The fraction of sp³-hybridized carbons (Fsp3) is 0.737. The first-order chi connectivity index (χ1) is 14.1. The van der Waals surface area contributed by atoms with Crippen LogP contribution in [0.25, 0.3) is 0 Å². The molecule has 11 heteroatoms. The van der Waals surface area contributed by atoms with Crippen molar-refractivity contribution >= 4 is 29.7 Å². The van der Waals surface area contributed by atoms with Crippen molar-refractivity contribution in [2.45, 2.75) is 77.0 Å². The van der Waals surface area contributed by atoms with E-state index in [0.29, 0.717) is 12.8 Å². The van der Waals surface area contributed by atoms with E-state index in [-0.39, 0.29) is 24.3 Å². The van der Waals surface area contributed by atoms with Gasteiger partial charge in [0.25, 0.3) is 0 Å². The van der Waals surface area contributed by atoms with Crippen LogP contribution >= 0.6 is 0 Å². The minimum absolute atomic E-state index is 0.187. The monoisotopic (exact) mass is 428 g/mol. The zero-order valence-corrected chi connectivity index (χ0v) is 17.6. The van der Waals surface area contributed by atoms with Gasteiger partial charge in [-0.1, -0.05) is 20.3 Å². The number of amides is 3. The second-order valence-electron chi connectivity index (χ2n) is 7.58. The number of hydrogen-bond acceptors (Lipinski definition) is 6. The van der Waals surface area contributed by atoms with Crippen LogP contribution in [0.2, 0.25) is 0 Å². The summed E-state index contributed by atoms with van der Waals surface area (Å²) >= 11 is 0. The summed E-state index contributed by atoms with van der Waals surface area (Å²) in [6.07, 6.45) is 1.48. The molecule has 0 saturated carbocycles. The van der Waals surface area contributed by atoms with E-state index in [1.165, 1.54) is 6.92 Å². The normalized spacial score (nSPS) is 19.8. The molecule has 11 nitrogen and oxygen atoms in total. The largest absolute Gasteiger partial charge is 0.481 e. The van der Waals surface area contributed by atoms with Crippen LogP contribution in [0.3, 0.4) is 0 Å². The standard InChI is InChI=1S/C19H32N4O7/c1-4-10(2)15(23-17(27)12-6-5-9-20-12)18(28)21-11(3)16(26)22-13(19(29)30)7-8-14(24)25/h10-13,15,20H,4-9H2,1-3H3,(H,21,28)(H,22,26)(H,23,27)(H,24,25)(H,29,30). The van der Waals surface area contributed by atoms with Crippen molar-refractivity contribution in [2.24, 2.45) is 5.92 Å². The lowest BCUT2D eigenvalue weighted by atomic mass is 9.97. The summed E-state index contributed by atoms with van der Waals surface area (Å²) in [6.45, 7) is 5.81. The van der Waals surface area contributed by atoms with Crippen LogP contribution in [-0.4, -0.2) is 70.6 Å². The van der Waals surface area contributed by atoms with Gasteiger partial charge in [0.1, 0.15) is 18.1 Å². The van der Waals surface area contributed by atoms with Crippen LogP contribution in [0.4, 0.5) is 0 Å². The topological polar surface area (TPSA) is 174 Å². The first kappa shape index (κ1) is 25.3. The first-order valence-corrected chi connectivity index (χ1v) is 10.2. The molecule has 1 aliphatic rings. The lowest BCUT2D eigenvalue weighted by Gasteiger charge is -2.26. The van der Waals surface area contributed by atoms with Gasteiger partial charge in [-0.3, -0.25) is 19.2 Å². The van der Waals surface area contributed by atoms with Crippen molar-refractivity contribution in [3.8, 4) is 0 Å². The molecule has 3 amide bonds. The van der Waals surface area contributed by atoms with E-state index in [4.69, 9.17) is 10.2 Å². The average Bonchev–Trinajstić information content (AvgIpc) is 3.22. The molecule has 0 aromatic rings. The summed E-state index contributed by atoms with van der Waals surface area (Å²) in [5.74, 6) is -4.31. The predicted octanol–water partition coefficient (Wildman–Crippen LogP) is -0.792. The molecule has 5 atom stereocenters. The van der Waals surface area contributed by atoms with Gasteiger partial charge in [0.05, 0.1) is 6.04 Å². The van der Waals surface area contributed by atoms with Crippen molar-refractivity contribution in [2.75, 3.05) is 6.54 Å². The molecule has 6 N–H and O–H groups in total. The number of carbonyl (C=O) groups excluding carboxylic acids is 3. The minimum Gasteiger partial charge on any atom is -0.481 e. The van der Waals surface area contributed by atoms with E-state index in [1.54, 1.807) is 0 Å². The van der Waals surface area contributed by atoms with Gasteiger partial charge in [-0.05, 0) is 38.6 Å². The van der Waals surface area contributed by atoms with E-state index in [2.05, 4.69) is 21.3 Å². The second-order valence-corrected chi connectivity index (χ2v) is 7.58. The zero-order chi connectivity index (χ0) is 22.8. The summed E-state index contributed by atoms with van der Waals surface area (Å²) in [5.41, 5.74) is 0. The Kier molecular flexibility index (Phi) is 10.2. The second kappa shape index (κ2) is 12.1. The molecule has 0 bridgehead atoms. The highest BCUT2D eigenvalue weighted by molar-refractivity contribution is 5.94. The highest BCUT2D eigenvalue weighted by atomic mass is 16.4. The number of rotatable bonds is 12. The van der Waals surface area contributed by atoms with E-state index in [0.717, 1.165) is 13.0 Å². The lowest BCUT2D eigenvalue weighted by molar-refractivity contribution is -0.143. The van der Waals surface area contributed by atoms with Crippen LogP contribution in [0.5, 0.6) is 0 Å². The van der Waals surface area contributed by atoms with Crippen molar-refractivity contribution < 1.29 is 34.2 Å². The highest BCUT2D eigenvalue weighted by Gasteiger charge is 2.32. The molecule has 0 aromatic carbocycles. The molecule has 1 rings (SSSR count). The summed E-state index contributed by atoms with van der Waals surface area (Å²) in [4.78, 5) is 59.3. The molecule has 170 valence electrons. The predicted molar refractivity (Wildman–Crippen MR) is 106 cm³/mol. The van der Waals surface area contributed by atoms with Crippen molar-refractivity contribution in [1.29, 1.82) is 0 Å². The fourth-order valence-electron chi connectivity index (χ4n) is 3.05. The third-order valence-electron chi connectivity index (χ3n) is 5.18. The molecule has 1 fully saturated rings. The molecule has 30 heavy (non-hydrogen) atoms. The Balaban J connectivity index is 2.71. The summed E-state index contributed by atoms with van der Waals surface area (Å²) < 4.78 is 0. The maximum Gasteiger partial charge on any atom is 0.326 e. The Labute approximate surface area is 175 Å². The van der Waals surface area contributed by atoms with Gasteiger partial charge in [0.2, 0.25) is 17.7 Å². The van der Waals surface area contributed by atoms with Gasteiger partial charge in [0, 0.05) is 6.42 Å². The maximum absolute atomic E-state index is 12.7. The zero-order valence-electron chi connectivity index (χ0n) is 17.6. The fourth-order valence-corrected chi connectivity index (χ4v) is 3.05. The van der Waals surface area contributed by atoms with Gasteiger partial charge in [-0.2, -0.15) is 0 Å². The van der Waals surface area contributed by atoms with Gasteiger partial charge >= 0.3 is 11.9 Å². The smallest absolute Gasteiger partial charge is 0.326 e. The molecule has 0 aromatic heterocycles. The first-order valence-electron chi connectivity index (χ1n) is 10.2. The molecule has 1 saturated heterocycles. The lowest BCUT2D eigenvalue weighted by Crippen LogP contribution is -2.57. The molecule has 1 heterocycles. The number of carbonyl (C=O) groups is 5. The van der Waals surface area contributed by atoms with E-state index in [9.17, 15) is 24.0 Å². The number of aliphatic carboxylic acids is 2. The Morgan fingerprint density at radius 1 is 1.03 bits per heavy atom. The number of carboxylic acids is 2. The molecule has 5 unspecified atom stereocenters. The van der Waals surface area contributed by atoms with E-state index < -0.39 is 48.3 Å². The van der Waals surface area contributed by atoms with Gasteiger partial charge in [-0.15, -0.1) is 0 Å². The molecule has 0 spiro atoms. The Morgan fingerprint density at radius 3 is 2.20 bits per heavy atom. The van der Waals surface area contributed by atoms with Crippen molar-refractivity contribution in [1.82, 2.24) is 21.3 Å². The number of nitrogens with one attached hydrogen (secondary N) is 4. The number of carboxylic acid groups (broad SMARTS) is 2. The third kappa shape index (κ3) is 7.97. The number of hydrogen-bond donors (Lipinski definition) is 6. The Bertz CT molecular complexity index is 649. The Hall–Kier alpha value is -2.69. The van der Waals surface area contributed by atoms with Crippen LogP contribution in [0.15, 0.2) is 0 Å². The molecule has 0 aliphatic carbocycles. The van der Waals surface area contributed by atoms with Crippen LogP contribution in [0, 0.1) is 5.92 Å². The summed E-state index contributed by atoms with van der Waals surface area (Å²) in [5, 5.41) is 28.4. The van der Waals surface area contributed by atoms with Crippen molar-refractivity contribution in [3.63, 3.8) is 0 Å². The quantitative estimate of drug-likeness (QED) is 0.234. The van der Waals surface area contributed by atoms with Gasteiger partial charge < -0.3 is 31.5 Å². The molecule has 0 radical (unpaired) electrons. The summed E-state index contributed by atoms with van der Waals surface area (Å²) in [6, 6.07) is -3.65. The van der Waals surface area contributed by atoms with Crippen molar-refractivity contribution in [3.05, 3.63) is 0 Å². The van der Waals surface area contributed by atoms with Crippen LogP contribution in [-0.2, 0) is 24.0 Å². The molecular weight excluding hydrogens is 396 g/mol. The summed E-state index contributed by atoms with van der Waals surface area (Å²) in [7, 11) is 0.